The number of para-hydroxylation sites is 2. The smallest absolute Gasteiger partial charge is 0.177 e. The first-order chi connectivity index (χ1) is 23.7. The van der Waals surface area contributed by atoms with Crippen molar-refractivity contribution in [1.82, 2.24) is 0 Å². The first-order valence-corrected chi connectivity index (χ1v) is 17.8. The van der Waals surface area contributed by atoms with Gasteiger partial charge in [0.05, 0.1) is 0 Å². The van der Waals surface area contributed by atoms with E-state index in [1.807, 2.05) is 91.0 Å². The van der Waals surface area contributed by atoms with Gasteiger partial charge in [-0.05, 0) is 73.1 Å². The van der Waals surface area contributed by atoms with Crippen molar-refractivity contribution in [2.75, 3.05) is 0 Å². The third-order valence-electron chi connectivity index (χ3n) is 9.75. The van der Waals surface area contributed by atoms with Crippen molar-refractivity contribution in [3.63, 3.8) is 0 Å². The van der Waals surface area contributed by atoms with E-state index in [1.54, 1.807) is 0 Å². The van der Waals surface area contributed by atoms with Crippen molar-refractivity contribution in [2.45, 2.75) is 0 Å². The van der Waals surface area contributed by atoms with Crippen molar-refractivity contribution in [3.8, 4) is 34.1 Å². The molecule has 0 aliphatic carbocycles. The Bertz CT molecular complexity index is 2710. The van der Waals surface area contributed by atoms with E-state index in [1.165, 1.54) is 5.39 Å². The maximum absolute atomic E-state index is 15.6. The van der Waals surface area contributed by atoms with Crippen LogP contribution in [0, 0.1) is 0 Å². The van der Waals surface area contributed by atoms with Crippen molar-refractivity contribution in [3.05, 3.63) is 164 Å². The number of ether oxygens (including phenoxy) is 2. The Morgan fingerprint density at radius 3 is 1.65 bits per heavy atom. The minimum atomic E-state index is -3.21. The molecule has 0 N–H and O–H groups in total. The summed E-state index contributed by atoms with van der Waals surface area (Å²) in [6, 6.07) is 55.5. The summed E-state index contributed by atoms with van der Waals surface area (Å²) in [5.74, 6) is 2.84. The molecule has 0 amide bonds. The molecule has 48 heavy (non-hydrogen) atoms. The third kappa shape index (κ3) is 3.86. The fourth-order valence-electron chi connectivity index (χ4n) is 7.57. The summed E-state index contributed by atoms with van der Waals surface area (Å²) < 4.78 is 28.5. The number of hydrogen-bond donors (Lipinski definition) is 0. The van der Waals surface area contributed by atoms with Crippen LogP contribution in [0.2, 0.25) is 0 Å². The summed E-state index contributed by atoms with van der Waals surface area (Å²) in [7, 11) is -3.21. The SMILES string of the molecule is O=P(c1ccccc1)(c1ccccc1)c1ccc2ccc3c(-c4cc5c(c6ccccc46)Oc4ccccc4O5)ccc4ccc1c2c43. The van der Waals surface area contributed by atoms with Crippen LogP contribution in [0.5, 0.6) is 23.0 Å². The van der Waals surface area contributed by atoms with E-state index in [2.05, 4.69) is 72.8 Å². The van der Waals surface area contributed by atoms with Gasteiger partial charge >= 0.3 is 0 Å². The molecule has 0 unspecified atom stereocenters. The maximum atomic E-state index is 15.6. The number of rotatable bonds is 4. The molecular weight excluding hydrogens is 607 g/mol. The summed E-state index contributed by atoms with van der Waals surface area (Å²) in [5.41, 5.74) is 2.18. The average Bonchev–Trinajstić information content (AvgIpc) is 3.16. The second kappa shape index (κ2) is 10.3. The van der Waals surface area contributed by atoms with E-state index in [-0.39, 0.29) is 0 Å². The first kappa shape index (κ1) is 27.2. The van der Waals surface area contributed by atoms with Gasteiger partial charge in [0.15, 0.2) is 30.1 Å². The van der Waals surface area contributed by atoms with Gasteiger partial charge in [0.2, 0.25) is 0 Å². The Morgan fingerprint density at radius 2 is 0.938 bits per heavy atom. The third-order valence-corrected chi connectivity index (χ3v) is 12.9. The van der Waals surface area contributed by atoms with E-state index >= 15 is 4.57 Å². The molecule has 0 fully saturated rings. The van der Waals surface area contributed by atoms with Gasteiger partial charge in [-0.2, -0.15) is 0 Å². The molecule has 0 spiro atoms. The van der Waals surface area contributed by atoms with Crippen LogP contribution in [0.1, 0.15) is 0 Å². The van der Waals surface area contributed by atoms with Gasteiger partial charge in [0, 0.05) is 21.3 Å². The summed E-state index contributed by atoms with van der Waals surface area (Å²) in [5, 5.41) is 11.3. The lowest BCUT2D eigenvalue weighted by atomic mass is 9.88. The highest BCUT2D eigenvalue weighted by Gasteiger charge is 2.32. The number of benzene rings is 9. The monoisotopic (exact) mass is 634 g/mol. The lowest BCUT2D eigenvalue weighted by Crippen LogP contribution is -2.25. The van der Waals surface area contributed by atoms with E-state index < -0.39 is 7.14 Å². The highest BCUT2D eigenvalue weighted by Crippen LogP contribution is 2.52. The molecule has 4 heteroatoms. The molecule has 0 aromatic heterocycles. The van der Waals surface area contributed by atoms with Crippen LogP contribution in [-0.4, -0.2) is 0 Å². The molecule has 0 saturated heterocycles. The van der Waals surface area contributed by atoms with Crippen LogP contribution in [0.25, 0.3) is 54.2 Å². The zero-order valence-electron chi connectivity index (χ0n) is 25.8. The van der Waals surface area contributed by atoms with Gasteiger partial charge in [-0.15, -0.1) is 0 Å². The maximum Gasteiger partial charge on any atom is 0.177 e. The Balaban J connectivity index is 1.25. The molecule has 10 rings (SSSR count). The van der Waals surface area contributed by atoms with Crippen LogP contribution < -0.4 is 25.4 Å². The van der Waals surface area contributed by atoms with E-state index in [0.717, 1.165) is 70.5 Å². The van der Waals surface area contributed by atoms with E-state index in [9.17, 15) is 0 Å². The predicted octanol–water partition coefficient (Wildman–Crippen LogP) is 10.9. The van der Waals surface area contributed by atoms with Crippen molar-refractivity contribution < 1.29 is 14.0 Å². The zero-order chi connectivity index (χ0) is 31.8. The van der Waals surface area contributed by atoms with Gasteiger partial charge < -0.3 is 14.0 Å². The summed E-state index contributed by atoms with van der Waals surface area (Å²) >= 11 is 0. The molecule has 1 aliphatic rings. The molecule has 9 aromatic rings. The van der Waals surface area contributed by atoms with E-state index in [0.29, 0.717) is 17.2 Å². The molecule has 9 aromatic carbocycles. The molecule has 0 bridgehead atoms. The molecule has 0 radical (unpaired) electrons. The molecule has 226 valence electrons. The van der Waals surface area contributed by atoms with Gasteiger partial charge in [0.1, 0.15) is 0 Å². The molecule has 3 nitrogen and oxygen atoms in total. The lowest BCUT2D eigenvalue weighted by Gasteiger charge is -2.24. The van der Waals surface area contributed by atoms with Gasteiger partial charge in [-0.1, -0.05) is 140 Å². The second-order valence-electron chi connectivity index (χ2n) is 12.3. The van der Waals surface area contributed by atoms with Gasteiger partial charge in [-0.25, -0.2) is 0 Å². The largest absolute Gasteiger partial charge is 0.449 e. The highest BCUT2D eigenvalue weighted by molar-refractivity contribution is 7.85. The highest BCUT2D eigenvalue weighted by atomic mass is 31.2. The first-order valence-electron chi connectivity index (χ1n) is 16.1. The summed E-state index contributed by atoms with van der Waals surface area (Å²) in [6.07, 6.45) is 0. The van der Waals surface area contributed by atoms with Crippen LogP contribution in [0.15, 0.2) is 164 Å². The van der Waals surface area contributed by atoms with Crippen molar-refractivity contribution >= 4 is 66.1 Å². The summed E-state index contributed by atoms with van der Waals surface area (Å²) in [4.78, 5) is 0. The number of fused-ring (bicyclic) bond motifs is 4. The van der Waals surface area contributed by atoms with Crippen LogP contribution >= 0.6 is 7.14 Å². The van der Waals surface area contributed by atoms with Crippen molar-refractivity contribution in [1.29, 1.82) is 0 Å². The Labute approximate surface area is 277 Å². The Hall–Kier alpha value is -5.89. The van der Waals surface area contributed by atoms with Crippen LogP contribution in [-0.2, 0) is 4.57 Å². The van der Waals surface area contributed by atoms with Crippen LogP contribution in [0.4, 0.5) is 0 Å². The average molecular weight is 635 g/mol. The minimum Gasteiger partial charge on any atom is -0.449 e. The van der Waals surface area contributed by atoms with Crippen molar-refractivity contribution in [2.24, 2.45) is 0 Å². The van der Waals surface area contributed by atoms with E-state index in [4.69, 9.17) is 9.47 Å². The molecule has 0 saturated carbocycles. The van der Waals surface area contributed by atoms with Gasteiger partial charge in [0.25, 0.3) is 0 Å². The molecule has 0 atom stereocenters. The fraction of sp³-hybridized carbons (Fsp3) is 0. The minimum absolute atomic E-state index is 0.696. The normalized spacial score (nSPS) is 12.6. The zero-order valence-corrected chi connectivity index (χ0v) is 26.7. The predicted molar refractivity (Wildman–Crippen MR) is 199 cm³/mol. The van der Waals surface area contributed by atoms with Crippen LogP contribution in [0.3, 0.4) is 0 Å². The number of hydrogen-bond acceptors (Lipinski definition) is 3. The van der Waals surface area contributed by atoms with Gasteiger partial charge in [-0.3, -0.25) is 0 Å². The fourth-order valence-corrected chi connectivity index (χ4v) is 10.4. The molecule has 1 aliphatic heterocycles. The standard InChI is InChI=1S/C44H27O3P/c45-48(30-11-3-1-4-12-30,31-13-5-2-6-14-31)41-26-22-29-20-24-34-33(23-19-28-21-25-36(41)43(29)42(28)34)37-27-40-44(35-16-8-7-15-32(35)37)47-39-18-10-9-17-38(39)46-40/h1-27H. The summed E-state index contributed by atoms with van der Waals surface area (Å²) in [6.45, 7) is 0. The lowest BCUT2D eigenvalue weighted by molar-refractivity contribution is 0.363. The molecular formula is C44H27O3P. The Morgan fingerprint density at radius 1 is 0.396 bits per heavy atom. The second-order valence-corrected chi connectivity index (χ2v) is 15.1. The Kier molecular flexibility index (Phi) is 5.85. The topological polar surface area (TPSA) is 35.5 Å². The quantitative estimate of drug-likeness (QED) is 0.143. The molecule has 1 heterocycles.